The minimum atomic E-state index is -5.08. The number of aliphatic hydroxyl groups excluding tert-OH is 4. The van der Waals surface area contributed by atoms with E-state index in [9.17, 15) is 38.2 Å². The van der Waals surface area contributed by atoms with Crippen LogP contribution in [0.1, 0.15) is 393 Å². The van der Waals surface area contributed by atoms with E-state index < -0.39 is 59.9 Å². The van der Waals surface area contributed by atoms with E-state index in [4.69, 9.17) is 9.47 Å². The third-order valence-corrected chi connectivity index (χ3v) is 18.6. The number of unbranched alkanes of at least 4 members (excludes halogenated alkanes) is 55. The average molecular weight is 1220 g/mol. The van der Waals surface area contributed by atoms with Crippen LogP contribution in [0.3, 0.4) is 0 Å². The summed E-state index contributed by atoms with van der Waals surface area (Å²) in [5.74, 6) is -0.218. The van der Waals surface area contributed by atoms with Crippen LogP contribution < -0.4 is 5.32 Å². The Labute approximate surface area is 519 Å². The van der Waals surface area contributed by atoms with E-state index in [0.29, 0.717) is 12.8 Å². The Kier molecular flexibility index (Phi) is 58.9. The summed E-state index contributed by atoms with van der Waals surface area (Å²) in [7, 11) is -5.08. The summed E-state index contributed by atoms with van der Waals surface area (Å²) < 4.78 is 48.2. The van der Waals surface area contributed by atoms with Crippen LogP contribution in [0.5, 0.6) is 0 Å². The molecule has 1 amide bonds. The number of aliphatic hydroxyl groups is 4. The van der Waals surface area contributed by atoms with Crippen molar-refractivity contribution in [3.05, 3.63) is 0 Å². The van der Waals surface area contributed by atoms with E-state index in [2.05, 4.69) is 23.3 Å². The lowest BCUT2D eigenvalue weighted by molar-refractivity contribution is -0.298. The summed E-state index contributed by atoms with van der Waals surface area (Å²) in [6.07, 6.45) is 67.2. The van der Waals surface area contributed by atoms with E-state index in [-0.39, 0.29) is 12.5 Å². The second-order valence-electron chi connectivity index (χ2n) is 26.3. The summed E-state index contributed by atoms with van der Waals surface area (Å²) in [5, 5.41) is 45.4. The van der Waals surface area contributed by atoms with Gasteiger partial charge in [0, 0.05) is 6.42 Å². The maximum Gasteiger partial charge on any atom is 0.397 e. The highest BCUT2D eigenvalue weighted by Gasteiger charge is 2.48. The highest BCUT2D eigenvalue weighted by atomic mass is 32.3. The molecule has 1 heterocycles. The fourth-order valence-corrected chi connectivity index (χ4v) is 13.0. The first-order chi connectivity index (χ1) is 41.0. The number of carbonyl (C=O) groups excluding carboxylic acids is 1. The number of hydrogen-bond donors (Lipinski definition) is 6. The molecular formula is C71H141NO11S. The molecule has 0 aromatic carbocycles. The molecule has 7 atom stereocenters. The van der Waals surface area contributed by atoms with Crippen molar-refractivity contribution in [2.45, 2.75) is 436 Å². The molecule has 1 rings (SSSR count). The lowest BCUT2D eigenvalue weighted by atomic mass is 9.99. The monoisotopic (exact) mass is 1220 g/mol. The largest absolute Gasteiger partial charge is 0.397 e. The van der Waals surface area contributed by atoms with Gasteiger partial charge < -0.3 is 35.2 Å². The molecule has 0 bridgehead atoms. The molecule has 1 aliphatic rings. The van der Waals surface area contributed by atoms with Gasteiger partial charge in [-0.2, -0.15) is 8.42 Å². The maximum atomic E-state index is 13.2. The fraction of sp³-hybridized carbons (Fsp3) is 0.986. The normalized spacial score (nSPS) is 18.2. The Morgan fingerprint density at radius 3 is 0.952 bits per heavy atom. The van der Waals surface area contributed by atoms with E-state index >= 15 is 0 Å². The third kappa shape index (κ3) is 51.9. The molecule has 0 saturated carbocycles. The van der Waals surface area contributed by atoms with Gasteiger partial charge in [0.15, 0.2) is 6.29 Å². The van der Waals surface area contributed by atoms with Gasteiger partial charge in [0.05, 0.1) is 25.4 Å². The van der Waals surface area contributed by atoms with E-state index in [1.807, 2.05) is 0 Å². The SMILES string of the molecule is CCCCCCCCCCCCCCCCCCCCCCCCCCCCCCCCCCC(=O)NC(COC1OC(CO)C(O)C(OS(=O)(=O)O)C1O)C(O)CCCCCCCCCCCCCCCCCCCCCCCCCCC. The molecule has 12 nitrogen and oxygen atoms in total. The Balaban J connectivity index is 2.19. The lowest BCUT2D eigenvalue weighted by Gasteiger charge is -2.41. The highest BCUT2D eigenvalue weighted by molar-refractivity contribution is 7.80. The summed E-state index contributed by atoms with van der Waals surface area (Å²) in [4.78, 5) is 13.2. The molecule has 0 radical (unpaired) electrons. The van der Waals surface area contributed by atoms with Crippen LogP contribution in [0.25, 0.3) is 0 Å². The minimum absolute atomic E-state index is 0.218. The molecule has 1 saturated heterocycles. The lowest BCUT2D eigenvalue weighted by Crippen LogP contribution is -2.61. The maximum absolute atomic E-state index is 13.2. The van der Waals surface area contributed by atoms with Gasteiger partial charge in [0.1, 0.15) is 24.4 Å². The number of rotatable bonds is 67. The summed E-state index contributed by atoms with van der Waals surface area (Å²) in [6, 6.07) is -0.855. The molecule has 0 aromatic heterocycles. The second kappa shape index (κ2) is 61.0. The molecule has 0 spiro atoms. The molecule has 1 aliphatic heterocycles. The smallest absolute Gasteiger partial charge is 0.394 e. The molecule has 1 fully saturated rings. The topological polar surface area (TPSA) is 192 Å². The standard InChI is InChI=1S/C71H141NO11S/c1-3-5-7-9-11-13-15-17-19-21-23-25-27-29-30-31-32-33-34-35-37-39-41-43-45-47-49-51-53-55-57-59-61-67(75)72-64(63-81-71-69(77)70(83-84(78,79)80)68(76)66(62-73)82-71)65(74)60-58-56-54-52-50-48-46-44-42-40-38-36-28-26-24-22-20-18-16-14-12-10-8-6-4-2/h64-66,68-71,73-74,76-77H,3-63H2,1-2H3,(H,72,75)(H,78,79,80). The molecule has 0 aromatic rings. The van der Waals surface area contributed by atoms with Crippen molar-refractivity contribution in [1.82, 2.24) is 5.32 Å². The number of hydrogen-bond acceptors (Lipinski definition) is 10. The van der Waals surface area contributed by atoms with Crippen LogP contribution in [0.2, 0.25) is 0 Å². The van der Waals surface area contributed by atoms with E-state index in [1.165, 1.54) is 315 Å². The van der Waals surface area contributed by atoms with Crippen molar-refractivity contribution in [2.75, 3.05) is 13.2 Å². The highest BCUT2D eigenvalue weighted by Crippen LogP contribution is 2.27. The minimum Gasteiger partial charge on any atom is -0.394 e. The Hall–Kier alpha value is -0.900. The average Bonchev–Trinajstić information content (AvgIpc) is 3.68. The van der Waals surface area contributed by atoms with Gasteiger partial charge in [-0.1, -0.05) is 373 Å². The predicted octanol–water partition coefficient (Wildman–Crippen LogP) is 19.5. The van der Waals surface area contributed by atoms with Crippen LogP contribution in [-0.2, 0) is 28.9 Å². The molecule has 7 unspecified atom stereocenters. The molecular weight excluding hydrogens is 1070 g/mol. The number of ether oxygens (including phenoxy) is 2. The summed E-state index contributed by atoms with van der Waals surface area (Å²) in [5.41, 5.74) is 0. The Morgan fingerprint density at radius 2 is 0.690 bits per heavy atom. The van der Waals surface area contributed by atoms with Gasteiger partial charge in [-0.25, -0.2) is 4.18 Å². The first-order valence-electron chi connectivity index (χ1n) is 36.9. The van der Waals surface area contributed by atoms with Crippen LogP contribution in [0, 0.1) is 0 Å². The quantitative estimate of drug-likeness (QED) is 0.0251. The Morgan fingerprint density at radius 1 is 0.429 bits per heavy atom. The number of carbonyl (C=O) groups is 1. The van der Waals surface area contributed by atoms with Crippen LogP contribution in [-0.4, -0.2) is 95.4 Å². The van der Waals surface area contributed by atoms with Gasteiger partial charge in [-0.3, -0.25) is 9.35 Å². The van der Waals surface area contributed by atoms with Gasteiger partial charge in [-0.05, 0) is 12.8 Å². The number of nitrogens with one attached hydrogen (secondary N) is 1. The third-order valence-electron chi connectivity index (χ3n) is 18.2. The van der Waals surface area contributed by atoms with Gasteiger partial charge in [-0.15, -0.1) is 0 Å². The van der Waals surface area contributed by atoms with Crippen molar-refractivity contribution in [2.24, 2.45) is 0 Å². The second-order valence-corrected chi connectivity index (χ2v) is 27.3. The van der Waals surface area contributed by atoms with E-state index in [0.717, 1.165) is 51.4 Å². The molecule has 0 aliphatic carbocycles. The predicted molar refractivity (Wildman–Crippen MR) is 352 cm³/mol. The van der Waals surface area contributed by atoms with Crippen LogP contribution >= 0.6 is 0 Å². The van der Waals surface area contributed by atoms with Gasteiger partial charge in [0.25, 0.3) is 0 Å². The number of amides is 1. The zero-order valence-corrected chi connectivity index (χ0v) is 56.1. The van der Waals surface area contributed by atoms with Gasteiger partial charge >= 0.3 is 10.4 Å². The van der Waals surface area contributed by atoms with Crippen molar-refractivity contribution in [3.63, 3.8) is 0 Å². The summed E-state index contributed by atoms with van der Waals surface area (Å²) >= 11 is 0. The first-order valence-corrected chi connectivity index (χ1v) is 38.3. The zero-order chi connectivity index (χ0) is 61.1. The first kappa shape index (κ1) is 81.1. The Bertz CT molecular complexity index is 1470. The molecule has 6 N–H and O–H groups in total. The molecule has 84 heavy (non-hydrogen) atoms. The van der Waals surface area contributed by atoms with Crippen molar-refractivity contribution in [1.29, 1.82) is 0 Å². The molecule has 13 heteroatoms. The van der Waals surface area contributed by atoms with E-state index in [1.54, 1.807) is 0 Å². The van der Waals surface area contributed by atoms with Gasteiger partial charge in [0.2, 0.25) is 5.91 Å². The van der Waals surface area contributed by atoms with Crippen LogP contribution in [0.4, 0.5) is 0 Å². The summed E-state index contributed by atoms with van der Waals surface area (Å²) in [6.45, 7) is 3.54. The van der Waals surface area contributed by atoms with Crippen molar-refractivity contribution in [3.8, 4) is 0 Å². The van der Waals surface area contributed by atoms with Crippen molar-refractivity contribution >= 4 is 16.3 Å². The van der Waals surface area contributed by atoms with Crippen LogP contribution in [0.15, 0.2) is 0 Å². The van der Waals surface area contributed by atoms with Crippen molar-refractivity contribution < 1.29 is 51.8 Å². The fourth-order valence-electron chi connectivity index (χ4n) is 12.5. The zero-order valence-electron chi connectivity index (χ0n) is 55.3. The molecule has 502 valence electrons.